The monoisotopic (exact) mass is 338 g/mol. The van der Waals surface area contributed by atoms with Gasteiger partial charge in [0.2, 0.25) is 10.0 Å². The number of hydrogen-bond donors (Lipinski definition) is 2. The lowest BCUT2D eigenvalue weighted by Gasteiger charge is -2.11. The van der Waals surface area contributed by atoms with Gasteiger partial charge in [-0.15, -0.1) is 0 Å². The second kappa shape index (κ2) is 7.61. The fraction of sp³-hybridized carbons (Fsp3) is 0.538. The van der Waals surface area contributed by atoms with Crippen LogP contribution < -0.4 is 10.5 Å². The molecule has 3 N–H and O–H groups in total. The molecule has 0 saturated heterocycles. The van der Waals surface area contributed by atoms with Gasteiger partial charge in [0.25, 0.3) is 0 Å². The molecule has 0 unspecified atom stereocenters. The summed E-state index contributed by atoms with van der Waals surface area (Å²) in [6.07, 6.45) is 1.75. The molecular formula is C13H20Cl2N2O2S. The number of nitrogens with two attached hydrogens (primary N) is 1. The van der Waals surface area contributed by atoms with E-state index in [0.717, 1.165) is 12.8 Å². The fourth-order valence-corrected chi connectivity index (χ4v) is 3.67. The highest BCUT2D eigenvalue weighted by Gasteiger charge is 2.19. The Bertz CT molecular complexity index is 560. The lowest BCUT2D eigenvalue weighted by Crippen LogP contribution is -2.25. The van der Waals surface area contributed by atoms with Crippen molar-refractivity contribution in [2.45, 2.75) is 38.1 Å². The molecule has 0 aliphatic heterocycles. The van der Waals surface area contributed by atoms with E-state index in [1.165, 1.54) is 12.1 Å². The van der Waals surface area contributed by atoms with Gasteiger partial charge in [-0.3, -0.25) is 0 Å². The molecule has 0 spiro atoms. The number of nitrogens with one attached hydrogen (secondary N) is 1. The second-order valence-corrected chi connectivity index (χ2v) is 7.56. The Hall–Kier alpha value is -0.330. The average Bonchev–Trinajstić information content (AvgIpc) is 2.34. The third kappa shape index (κ3) is 4.90. The van der Waals surface area contributed by atoms with Gasteiger partial charge >= 0.3 is 0 Å². The zero-order valence-corrected chi connectivity index (χ0v) is 13.9. The van der Waals surface area contributed by atoms with E-state index in [-0.39, 0.29) is 16.5 Å². The fourth-order valence-electron chi connectivity index (χ4n) is 1.73. The molecule has 20 heavy (non-hydrogen) atoms. The van der Waals surface area contributed by atoms with E-state index in [9.17, 15) is 8.42 Å². The van der Waals surface area contributed by atoms with Gasteiger partial charge in [0.1, 0.15) is 4.90 Å². The minimum atomic E-state index is -3.63. The molecule has 7 heteroatoms. The van der Waals surface area contributed by atoms with Gasteiger partial charge in [0.05, 0.1) is 5.02 Å². The zero-order valence-electron chi connectivity index (χ0n) is 11.6. The van der Waals surface area contributed by atoms with Crippen LogP contribution in [0.5, 0.6) is 0 Å². The number of hydrogen-bond acceptors (Lipinski definition) is 3. The van der Waals surface area contributed by atoms with Crippen molar-refractivity contribution in [3.8, 4) is 0 Å². The third-order valence-electron chi connectivity index (χ3n) is 2.86. The van der Waals surface area contributed by atoms with Crippen molar-refractivity contribution in [3.63, 3.8) is 0 Å². The van der Waals surface area contributed by atoms with Crippen LogP contribution in [0.2, 0.25) is 10.0 Å². The molecule has 1 rings (SSSR count). The molecule has 0 aliphatic rings. The van der Waals surface area contributed by atoms with Gasteiger partial charge in [-0.05, 0) is 36.5 Å². The van der Waals surface area contributed by atoms with Gasteiger partial charge in [0.15, 0.2) is 0 Å². The van der Waals surface area contributed by atoms with Crippen LogP contribution in [-0.2, 0) is 16.6 Å². The summed E-state index contributed by atoms with van der Waals surface area (Å²) in [5.74, 6) is 0.544. The lowest BCUT2D eigenvalue weighted by atomic mass is 10.1. The molecule has 0 fully saturated rings. The smallest absolute Gasteiger partial charge is 0.242 e. The molecule has 0 radical (unpaired) electrons. The summed E-state index contributed by atoms with van der Waals surface area (Å²) in [4.78, 5) is 0.0218. The Labute approximate surface area is 130 Å². The number of sulfonamides is 1. The normalized spacial score (nSPS) is 12.1. The quantitative estimate of drug-likeness (QED) is 0.750. The minimum Gasteiger partial charge on any atom is -0.326 e. The Morgan fingerprint density at radius 1 is 1.25 bits per heavy atom. The standard InChI is InChI=1S/C13H20Cl2N2O2S/c1-9(2)4-3-5-17-20(18,19)13-6-10(8-16)11(14)7-12(13)15/h6-7,9,17H,3-5,8,16H2,1-2H3. The predicted octanol–water partition coefficient (Wildman–Crippen LogP) is 3.17. The Morgan fingerprint density at radius 3 is 2.45 bits per heavy atom. The van der Waals surface area contributed by atoms with E-state index >= 15 is 0 Å². The molecule has 1 aromatic carbocycles. The molecule has 0 atom stereocenters. The SMILES string of the molecule is CC(C)CCCNS(=O)(=O)c1cc(CN)c(Cl)cc1Cl. The topological polar surface area (TPSA) is 72.2 Å². The van der Waals surface area contributed by atoms with Crippen LogP contribution >= 0.6 is 23.2 Å². The van der Waals surface area contributed by atoms with E-state index in [1.54, 1.807) is 0 Å². The van der Waals surface area contributed by atoms with Gasteiger partial charge in [-0.2, -0.15) is 0 Å². The highest BCUT2D eigenvalue weighted by atomic mass is 35.5. The van der Waals surface area contributed by atoms with Crippen molar-refractivity contribution >= 4 is 33.2 Å². The molecule has 0 heterocycles. The maximum atomic E-state index is 12.2. The first-order chi connectivity index (χ1) is 9.27. The summed E-state index contributed by atoms with van der Waals surface area (Å²) in [6.45, 7) is 4.74. The van der Waals surface area contributed by atoms with Crippen molar-refractivity contribution in [1.29, 1.82) is 0 Å². The molecule has 0 saturated carbocycles. The van der Waals surface area contributed by atoms with Gasteiger partial charge < -0.3 is 5.73 Å². The van der Waals surface area contributed by atoms with Crippen LogP contribution in [0.3, 0.4) is 0 Å². The lowest BCUT2D eigenvalue weighted by molar-refractivity contribution is 0.540. The summed E-state index contributed by atoms with van der Waals surface area (Å²) in [6, 6.07) is 2.84. The molecule has 1 aromatic rings. The summed E-state index contributed by atoms with van der Waals surface area (Å²) in [5, 5.41) is 0.472. The van der Waals surface area contributed by atoms with E-state index in [4.69, 9.17) is 28.9 Å². The molecular weight excluding hydrogens is 319 g/mol. The Morgan fingerprint density at radius 2 is 1.90 bits per heavy atom. The Kier molecular flexibility index (Phi) is 6.75. The molecule has 0 aliphatic carbocycles. The van der Waals surface area contributed by atoms with Gasteiger partial charge in [0, 0.05) is 18.1 Å². The van der Waals surface area contributed by atoms with Crippen LogP contribution in [-0.4, -0.2) is 15.0 Å². The van der Waals surface area contributed by atoms with Crippen LogP contribution in [0.1, 0.15) is 32.3 Å². The highest BCUT2D eigenvalue weighted by Crippen LogP contribution is 2.28. The first-order valence-corrected chi connectivity index (χ1v) is 8.69. The van der Waals surface area contributed by atoms with Crippen molar-refractivity contribution in [3.05, 3.63) is 27.7 Å². The van der Waals surface area contributed by atoms with Crippen molar-refractivity contribution in [2.75, 3.05) is 6.54 Å². The molecule has 0 aromatic heterocycles. The van der Waals surface area contributed by atoms with Crippen LogP contribution in [0.25, 0.3) is 0 Å². The van der Waals surface area contributed by atoms with E-state index in [2.05, 4.69) is 18.6 Å². The highest BCUT2D eigenvalue weighted by molar-refractivity contribution is 7.89. The maximum Gasteiger partial charge on any atom is 0.242 e. The van der Waals surface area contributed by atoms with E-state index < -0.39 is 10.0 Å². The van der Waals surface area contributed by atoms with Crippen LogP contribution in [0, 0.1) is 5.92 Å². The van der Waals surface area contributed by atoms with Gasteiger partial charge in [-0.25, -0.2) is 13.1 Å². The molecule has 0 amide bonds. The summed E-state index contributed by atoms with van der Waals surface area (Å²) in [5.41, 5.74) is 6.08. The van der Waals surface area contributed by atoms with Crippen molar-refractivity contribution < 1.29 is 8.42 Å². The first-order valence-electron chi connectivity index (χ1n) is 6.45. The summed E-state index contributed by atoms with van der Waals surface area (Å²) in [7, 11) is -3.63. The first kappa shape index (κ1) is 17.7. The zero-order chi connectivity index (χ0) is 15.3. The van der Waals surface area contributed by atoms with E-state index in [0.29, 0.717) is 23.0 Å². The number of rotatable bonds is 7. The maximum absolute atomic E-state index is 12.2. The number of benzene rings is 1. The largest absolute Gasteiger partial charge is 0.326 e. The Balaban J connectivity index is 2.87. The average molecular weight is 339 g/mol. The second-order valence-electron chi connectivity index (χ2n) is 5.01. The summed E-state index contributed by atoms with van der Waals surface area (Å²) >= 11 is 11.9. The predicted molar refractivity (Wildman–Crippen MR) is 83.6 cm³/mol. The molecule has 4 nitrogen and oxygen atoms in total. The molecule has 114 valence electrons. The number of halogens is 2. The van der Waals surface area contributed by atoms with Crippen LogP contribution in [0.15, 0.2) is 17.0 Å². The van der Waals surface area contributed by atoms with Crippen LogP contribution in [0.4, 0.5) is 0 Å². The third-order valence-corrected chi connectivity index (χ3v) is 5.14. The minimum absolute atomic E-state index is 0.0218. The molecule has 0 bridgehead atoms. The van der Waals surface area contributed by atoms with E-state index in [1.807, 2.05) is 0 Å². The van der Waals surface area contributed by atoms with Crippen molar-refractivity contribution in [1.82, 2.24) is 4.72 Å². The van der Waals surface area contributed by atoms with Gasteiger partial charge in [-0.1, -0.05) is 37.0 Å². The van der Waals surface area contributed by atoms with Crippen molar-refractivity contribution in [2.24, 2.45) is 11.7 Å². The summed E-state index contributed by atoms with van der Waals surface area (Å²) < 4.78 is 26.9.